The first-order chi connectivity index (χ1) is 8.69. The maximum absolute atomic E-state index is 3.18. The van der Waals surface area contributed by atoms with Crippen molar-refractivity contribution in [1.82, 2.24) is 5.32 Å². The van der Waals surface area contributed by atoms with Crippen molar-refractivity contribution in [3.63, 3.8) is 0 Å². The van der Waals surface area contributed by atoms with E-state index in [4.69, 9.17) is 0 Å². The maximum atomic E-state index is 3.18. The van der Waals surface area contributed by atoms with Gasteiger partial charge in [0, 0.05) is 16.3 Å². The average Bonchev–Trinajstić information content (AvgIpc) is 2.36. The van der Waals surface area contributed by atoms with Crippen LogP contribution in [0.1, 0.15) is 16.7 Å². The topological polar surface area (TPSA) is 12.0 Å². The van der Waals surface area contributed by atoms with Gasteiger partial charge in [-0.25, -0.2) is 0 Å². The molecule has 94 valence electrons. The van der Waals surface area contributed by atoms with Crippen LogP contribution in [0.2, 0.25) is 0 Å². The van der Waals surface area contributed by atoms with Gasteiger partial charge < -0.3 is 5.32 Å². The second kappa shape index (κ2) is 6.07. The molecular weight excluding hydrogens is 238 g/mol. The Kier molecular flexibility index (Phi) is 4.45. The summed E-state index contributed by atoms with van der Waals surface area (Å²) >= 11 is 1.83. The van der Waals surface area contributed by atoms with Crippen molar-refractivity contribution in [3.8, 4) is 0 Å². The Morgan fingerprint density at radius 1 is 1.00 bits per heavy atom. The van der Waals surface area contributed by atoms with Crippen LogP contribution in [0.5, 0.6) is 0 Å². The lowest BCUT2D eigenvalue weighted by Gasteiger charge is -2.08. The monoisotopic (exact) mass is 257 g/mol. The van der Waals surface area contributed by atoms with Gasteiger partial charge in [-0.2, -0.15) is 0 Å². The van der Waals surface area contributed by atoms with Crippen molar-refractivity contribution >= 4 is 11.8 Å². The standard InChI is InChI=1S/C16H19NS/c1-12-4-7-15(8-5-12)18-16-9-6-14(11-17-3)10-13(16)2/h4-10,17H,11H2,1-3H3. The second-order valence-corrected chi connectivity index (χ2v) is 5.66. The third kappa shape index (κ3) is 3.37. The van der Waals surface area contributed by atoms with E-state index in [9.17, 15) is 0 Å². The molecule has 2 rings (SSSR count). The van der Waals surface area contributed by atoms with E-state index in [2.05, 4.69) is 61.6 Å². The van der Waals surface area contributed by atoms with E-state index in [-0.39, 0.29) is 0 Å². The Morgan fingerprint density at radius 2 is 1.72 bits per heavy atom. The molecule has 0 saturated heterocycles. The summed E-state index contributed by atoms with van der Waals surface area (Å²) in [5.74, 6) is 0. The summed E-state index contributed by atoms with van der Waals surface area (Å²) in [6.45, 7) is 5.22. The fraction of sp³-hybridized carbons (Fsp3) is 0.250. The summed E-state index contributed by atoms with van der Waals surface area (Å²) in [5.41, 5.74) is 3.98. The first-order valence-electron chi connectivity index (χ1n) is 6.17. The molecule has 1 N–H and O–H groups in total. The molecule has 0 radical (unpaired) electrons. The fourth-order valence-corrected chi connectivity index (χ4v) is 2.76. The minimum absolute atomic E-state index is 0.927. The highest BCUT2D eigenvalue weighted by molar-refractivity contribution is 7.99. The van der Waals surface area contributed by atoms with Crippen molar-refractivity contribution in [1.29, 1.82) is 0 Å². The molecule has 0 aromatic heterocycles. The van der Waals surface area contributed by atoms with Gasteiger partial charge in [0.05, 0.1) is 0 Å². The number of rotatable bonds is 4. The molecule has 0 unspecified atom stereocenters. The zero-order valence-electron chi connectivity index (χ0n) is 11.2. The SMILES string of the molecule is CNCc1ccc(Sc2ccc(C)cc2)c(C)c1. The van der Waals surface area contributed by atoms with Crippen LogP contribution >= 0.6 is 11.8 Å². The highest BCUT2D eigenvalue weighted by Gasteiger charge is 2.02. The first-order valence-corrected chi connectivity index (χ1v) is 6.99. The van der Waals surface area contributed by atoms with Crippen LogP contribution in [0.25, 0.3) is 0 Å². The van der Waals surface area contributed by atoms with Crippen molar-refractivity contribution in [2.75, 3.05) is 7.05 Å². The predicted octanol–water partition coefficient (Wildman–Crippen LogP) is 4.17. The van der Waals surface area contributed by atoms with Gasteiger partial charge >= 0.3 is 0 Å². The highest BCUT2D eigenvalue weighted by Crippen LogP contribution is 2.30. The molecule has 0 amide bonds. The number of hydrogen-bond donors (Lipinski definition) is 1. The molecule has 1 nitrogen and oxygen atoms in total. The number of aryl methyl sites for hydroxylation is 2. The molecule has 0 aliphatic heterocycles. The molecule has 0 atom stereocenters. The lowest BCUT2D eigenvalue weighted by Crippen LogP contribution is -2.05. The summed E-state index contributed by atoms with van der Waals surface area (Å²) in [4.78, 5) is 2.63. The Bertz CT molecular complexity index is 517. The summed E-state index contributed by atoms with van der Waals surface area (Å²) in [6, 6.07) is 15.3. The van der Waals surface area contributed by atoms with E-state index < -0.39 is 0 Å². The van der Waals surface area contributed by atoms with Gasteiger partial charge in [-0.3, -0.25) is 0 Å². The van der Waals surface area contributed by atoms with E-state index in [1.54, 1.807) is 0 Å². The lowest BCUT2D eigenvalue weighted by molar-refractivity contribution is 0.815. The molecule has 0 bridgehead atoms. The zero-order valence-corrected chi connectivity index (χ0v) is 12.0. The number of nitrogens with one attached hydrogen (secondary N) is 1. The zero-order chi connectivity index (χ0) is 13.0. The predicted molar refractivity (Wildman–Crippen MR) is 79.2 cm³/mol. The van der Waals surface area contributed by atoms with Gasteiger partial charge in [-0.15, -0.1) is 0 Å². The Labute approximate surface area is 114 Å². The Hall–Kier alpha value is -1.25. The van der Waals surface area contributed by atoms with E-state index in [1.807, 2.05) is 18.8 Å². The van der Waals surface area contributed by atoms with Crippen LogP contribution in [0, 0.1) is 13.8 Å². The lowest BCUT2D eigenvalue weighted by atomic mass is 10.1. The van der Waals surface area contributed by atoms with Crippen LogP contribution in [0.3, 0.4) is 0 Å². The Balaban J connectivity index is 2.16. The van der Waals surface area contributed by atoms with Gasteiger partial charge in [0.1, 0.15) is 0 Å². The number of benzene rings is 2. The third-order valence-electron chi connectivity index (χ3n) is 2.87. The number of hydrogen-bond acceptors (Lipinski definition) is 2. The van der Waals surface area contributed by atoms with E-state index in [0.29, 0.717) is 0 Å². The quantitative estimate of drug-likeness (QED) is 0.882. The first kappa shape index (κ1) is 13.2. The normalized spacial score (nSPS) is 10.6. The van der Waals surface area contributed by atoms with Gasteiger partial charge in [0.25, 0.3) is 0 Å². The molecule has 0 aliphatic rings. The van der Waals surface area contributed by atoms with Crippen LogP contribution < -0.4 is 5.32 Å². The molecule has 18 heavy (non-hydrogen) atoms. The van der Waals surface area contributed by atoms with Gasteiger partial charge in [0.2, 0.25) is 0 Å². The van der Waals surface area contributed by atoms with Gasteiger partial charge in [-0.05, 0) is 50.2 Å². The van der Waals surface area contributed by atoms with Crippen molar-refractivity contribution < 1.29 is 0 Å². The van der Waals surface area contributed by atoms with E-state index in [1.165, 1.54) is 26.5 Å². The Morgan fingerprint density at radius 3 is 2.33 bits per heavy atom. The molecule has 0 fully saturated rings. The minimum atomic E-state index is 0.927. The van der Waals surface area contributed by atoms with Crippen molar-refractivity contribution in [2.24, 2.45) is 0 Å². The smallest absolute Gasteiger partial charge is 0.0202 e. The van der Waals surface area contributed by atoms with Gasteiger partial charge in [-0.1, -0.05) is 41.6 Å². The maximum Gasteiger partial charge on any atom is 0.0202 e. The largest absolute Gasteiger partial charge is 0.316 e. The average molecular weight is 257 g/mol. The fourth-order valence-electron chi connectivity index (χ4n) is 1.87. The molecule has 0 heterocycles. The molecule has 2 heteroatoms. The third-order valence-corrected chi connectivity index (χ3v) is 4.05. The minimum Gasteiger partial charge on any atom is -0.316 e. The molecule has 0 aliphatic carbocycles. The van der Waals surface area contributed by atoms with Crippen molar-refractivity contribution in [2.45, 2.75) is 30.2 Å². The van der Waals surface area contributed by atoms with Crippen molar-refractivity contribution in [3.05, 3.63) is 59.2 Å². The molecule has 2 aromatic rings. The van der Waals surface area contributed by atoms with E-state index in [0.717, 1.165) is 6.54 Å². The van der Waals surface area contributed by atoms with Crippen LogP contribution in [0.4, 0.5) is 0 Å². The van der Waals surface area contributed by atoms with Crippen LogP contribution in [-0.4, -0.2) is 7.05 Å². The van der Waals surface area contributed by atoms with E-state index >= 15 is 0 Å². The summed E-state index contributed by atoms with van der Waals surface area (Å²) in [5, 5.41) is 3.18. The summed E-state index contributed by atoms with van der Waals surface area (Å²) in [7, 11) is 1.98. The molecule has 2 aromatic carbocycles. The van der Waals surface area contributed by atoms with Crippen LogP contribution in [0.15, 0.2) is 52.3 Å². The van der Waals surface area contributed by atoms with Gasteiger partial charge in [0.15, 0.2) is 0 Å². The molecular formula is C16H19NS. The highest BCUT2D eigenvalue weighted by atomic mass is 32.2. The second-order valence-electron chi connectivity index (χ2n) is 4.55. The molecule has 0 spiro atoms. The summed E-state index contributed by atoms with van der Waals surface area (Å²) in [6.07, 6.45) is 0. The summed E-state index contributed by atoms with van der Waals surface area (Å²) < 4.78 is 0. The van der Waals surface area contributed by atoms with Crippen LogP contribution in [-0.2, 0) is 6.54 Å². The molecule has 0 saturated carbocycles.